The van der Waals surface area contributed by atoms with Gasteiger partial charge in [0.1, 0.15) is 11.9 Å². The average Bonchev–Trinajstić information content (AvgIpc) is 2.77. The van der Waals surface area contributed by atoms with E-state index in [0.717, 1.165) is 11.1 Å². The van der Waals surface area contributed by atoms with E-state index in [2.05, 4.69) is 5.10 Å². The Morgan fingerprint density at radius 3 is 3.00 bits per heavy atom. The predicted octanol–water partition coefficient (Wildman–Crippen LogP) is 2.44. The van der Waals surface area contributed by atoms with E-state index in [1.54, 1.807) is 10.9 Å². The van der Waals surface area contributed by atoms with Crippen molar-refractivity contribution < 1.29 is 9.53 Å². The summed E-state index contributed by atoms with van der Waals surface area (Å²) in [5.41, 5.74) is 2.71. The fourth-order valence-corrected chi connectivity index (χ4v) is 2.23. The Balaban J connectivity index is 1.96. The second kappa shape index (κ2) is 3.98. The Kier molecular flexibility index (Phi) is 2.44. The summed E-state index contributed by atoms with van der Waals surface area (Å²) in [6.07, 6.45) is 3.79. The third-order valence-corrected chi connectivity index (χ3v) is 3.17. The molecule has 0 fully saturated rings. The molecule has 1 unspecified atom stereocenters. The van der Waals surface area contributed by atoms with Crippen LogP contribution in [0, 0.1) is 6.92 Å². The number of carbonyl (C=O) groups excluding carboxylic acids is 1. The van der Waals surface area contributed by atoms with Crippen molar-refractivity contribution in [1.82, 2.24) is 9.78 Å². The van der Waals surface area contributed by atoms with Crippen molar-refractivity contribution in [2.45, 2.75) is 19.4 Å². The number of Topliss-reactive ketones (excluding diaryl/α,β-unsaturated/α-hetero) is 1. The van der Waals surface area contributed by atoms with E-state index < -0.39 is 0 Å². The lowest BCUT2D eigenvalue weighted by Gasteiger charge is -2.24. The van der Waals surface area contributed by atoms with Crippen LogP contribution >= 0.6 is 0 Å². The zero-order chi connectivity index (χ0) is 12.7. The first-order valence-electron chi connectivity index (χ1n) is 5.92. The molecular formula is C14H14N2O2. The molecule has 1 atom stereocenters. The minimum atomic E-state index is -0.221. The van der Waals surface area contributed by atoms with Gasteiger partial charge in [0.25, 0.3) is 0 Å². The van der Waals surface area contributed by atoms with E-state index in [9.17, 15) is 4.79 Å². The molecule has 1 aromatic carbocycles. The fraction of sp³-hybridized carbons (Fsp3) is 0.286. The van der Waals surface area contributed by atoms with Crippen LogP contribution in [0.1, 0.15) is 34.0 Å². The van der Waals surface area contributed by atoms with E-state index in [-0.39, 0.29) is 11.9 Å². The molecule has 0 aliphatic carbocycles. The number of fused-ring (bicyclic) bond motifs is 1. The molecule has 18 heavy (non-hydrogen) atoms. The number of hydrogen-bond donors (Lipinski definition) is 0. The van der Waals surface area contributed by atoms with Crippen LogP contribution in [0.3, 0.4) is 0 Å². The van der Waals surface area contributed by atoms with Gasteiger partial charge in [0.05, 0.1) is 18.2 Å². The van der Waals surface area contributed by atoms with Gasteiger partial charge in [-0.25, -0.2) is 0 Å². The monoisotopic (exact) mass is 242 g/mol. The molecule has 0 saturated heterocycles. The van der Waals surface area contributed by atoms with Crippen molar-refractivity contribution >= 4 is 5.78 Å². The molecule has 1 aliphatic heterocycles. The molecule has 0 spiro atoms. The van der Waals surface area contributed by atoms with Crippen molar-refractivity contribution in [2.75, 3.05) is 0 Å². The van der Waals surface area contributed by atoms with Gasteiger partial charge >= 0.3 is 0 Å². The molecule has 4 nitrogen and oxygen atoms in total. The Morgan fingerprint density at radius 1 is 1.44 bits per heavy atom. The Hall–Kier alpha value is -2.10. The first-order valence-corrected chi connectivity index (χ1v) is 5.92. The highest BCUT2D eigenvalue weighted by Gasteiger charge is 2.28. The number of hydrogen-bond acceptors (Lipinski definition) is 3. The van der Waals surface area contributed by atoms with Crippen molar-refractivity contribution in [2.24, 2.45) is 7.05 Å². The van der Waals surface area contributed by atoms with Crippen LogP contribution in [0.15, 0.2) is 30.6 Å². The van der Waals surface area contributed by atoms with Gasteiger partial charge in [0, 0.05) is 18.8 Å². The van der Waals surface area contributed by atoms with E-state index in [1.165, 1.54) is 0 Å². The molecule has 0 saturated carbocycles. The zero-order valence-corrected chi connectivity index (χ0v) is 10.4. The van der Waals surface area contributed by atoms with Gasteiger partial charge in [-0.3, -0.25) is 9.48 Å². The van der Waals surface area contributed by atoms with Crippen LogP contribution in [0.5, 0.6) is 5.75 Å². The number of aromatic nitrogens is 2. The molecule has 2 aromatic rings. The number of ketones is 1. The Morgan fingerprint density at radius 2 is 2.28 bits per heavy atom. The number of aryl methyl sites for hydroxylation is 2. The number of rotatable bonds is 1. The minimum absolute atomic E-state index is 0.133. The summed E-state index contributed by atoms with van der Waals surface area (Å²) < 4.78 is 7.60. The average molecular weight is 242 g/mol. The maximum Gasteiger partial charge on any atom is 0.170 e. The van der Waals surface area contributed by atoms with Crippen LogP contribution < -0.4 is 4.74 Å². The lowest BCUT2D eigenvalue weighted by Crippen LogP contribution is -2.20. The molecule has 1 aromatic heterocycles. The molecule has 92 valence electrons. The van der Waals surface area contributed by atoms with Gasteiger partial charge in [-0.1, -0.05) is 11.6 Å². The van der Waals surface area contributed by atoms with Crippen LogP contribution in [-0.2, 0) is 7.05 Å². The third kappa shape index (κ3) is 1.79. The molecule has 0 bridgehead atoms. The summed E-state index contributed by atoms with van der Waals surface area (Å²) in [6.45, 7) is 1.97. The molecule has 1 aliphatic rings. The normalized spacial score (nSPS) is 18.3. The largest absolute Gasteiger partial charge is 0.484 e. The number of ether oxygens (including phenoxy) is 1. The lowest BCUT2D eigenvalue weighted by atomic mass is 9.97. The molecule has 2 heterocycles. The molecular weight excluding hydrogens is 228 g/mol. The van der Waals surface area contributed by atoms with Crippen molar-refractivity contribution in [3.05, 3.63) is 47.3 Å². The van der Waals surface area contributed by atoms with E-state index in [1.807, 2.05) is 38.4 Å². The van der Waals surface area contributed by atoms with Crippen LogP contribution in [0.2, 0.25) is 0 Å². The third-order valence-electron chi connectivity index (χ3n) is 3.17. The SMILES string of the molecule is Cc1ccc2c(c1)C(=O)CC(c1cnn(C)c1)O2. The smallest absolute Gasteiger partial charge is 0.170 e. The van der Waals surface area contributed by atoms with E-state index in [4.69, 9.17) is 4.74 Å². The summed E-state index contributed by atoms with van der Waals surface area (Å²) in [6, 6.07) is 5.71. The van der Waals surface area contributed by atoms with Gasteiger partial charge in [-0.2, -0.15) is 5.10 Å². The number of carbonyl (C=O) groups is 1. The van der Waals surface area contributed by atoms with Gasteiger partial charge in [0.15, 0.2) is 5.78 Å². The second-order valence-corrected chi connectivity index (χ2v) is 4.68. The van der Waals surface area contributed by atoms with Crippen molar-refractivity contribution in [3.63, 3.8) is 0 Å². The fourth-order valence-electron chi connectivity index (χ4n) is 2.23. The summed E-state index contributed by atoms with van der Waals surface area (Å²) in [7, 11) is 1.85. The number of benzene rings is 1. The Bertz CT molecular complexity index is 616. The first kappa shape index (κ1) is 11.0. The Labute approximate surface area is 105 Å². The lowest BCUT2D eigenvalue weighted by molar-refractivity contribution is 0.0850. The van der Waals surface area contributed by atoms with E-state index >= 15 is 0 Å². The first-order chi connectivity index (χ1) is 8.63. The predicted molar refractivity (Wildman–Crippen MR) is 66.7 cm³/mol. The number of nitrogens with zero attached hydrogens (tertiary/aromatic N) is 2. The molecule has 4 heteroatoms. The highest BCUT2D eigenvalue weighted by Crippen LogP contribution is 2.34. The highest BCUT2D eigenvalue weighted by molar-refractivity contribution is 6.00. The standard InChI is InChI=1S/C14H14N2O2/c1-9-3-4-13-11(5-9)12(17)6-14(18-13)10-7-15-16(2)8-10/h3-5,7-8,14H,6H2,1-2H3. The molecule has 0 amide bonds. The quantitative estimate of drug-likeness (QED) is 0.771. The summed E-state index contributed by atoms with van der Waals surface area (Å²) in [5, 5.41) is 4.11. The zero-order valence-electron chi connectivity index (χ0n) is 10.4. The molecule has 0 N–H and O–H groups in total. The van der Waals surface area contributed by atoms with Crippen molar-refractivity contribution in [1.29, 1.82) is 0 Å². The minimum Gasteiger partial charge on any atom is -0.484 e. The maximum absolute atomic E-state index is 12.1. The van der Waals surface area contributed by atoms with Gasteiger partial charge in [0.2, 0.25) is 0 Å². The summed E-state index contributed by atoms with van der Waals surface area (Å²) in [5.74, 6) is 0.805. The molecule has 3 rings (SSSR count). The van der Waals surface area contributed by atoms with Gasteiger partial charge < -0.3 is 4.74 Å². The second-order valence-electron chi connectivity index (χ2n) is 4.68. The summed E-state index contributed by atoms with van der Waals surface area (Å²) in [4.78, 5) is 12.1. The van der Waals surface area contributed by atoms with Gasteiger partial charge in [-0.05, 0) is 19.1 Å². The van der Waals surface area contributed by atoms with Crippen molar-refractivity contribution in [3.8, 4) is 5.75 Å². The highest BCUT2D eigenvalue weighted by atomic mass is 16.5. The maximum atomic E-state index is 12.1. The van der Waals surface area contributed by atoms with Gasteiger partial charge in [-0.15, -0.1) is 0 Å². The molecule has 0 radical (unpaired) electrons. The van der Waals surface area contributed by atoms with Crippen LogP contribution in [-0.4, -0.2) is 15.6 Å². The van der Waals surface area contributed by atoms with Crippen LogP contribution in [0.25, 0.3) is 0 Å². The van der Waals surface area contributed by atoms with E-state index in [0.29, 0.717) is 17.7 Å². The topological polar surface area (TPSA) is 44.1 Å². The summed E-state index contributed by atoms with van der Waals surface area (Å²) >= 11 is 0. The van der Waals surface area contributed by atoms with Crippen LogP contribution in [0.4, 0.5) is 0 Å².